The molecule has 3 aromatic rings. The van der Waals surface area contributed by atoms with Gasteiger partial charge in [0, 0.05) is 17.3 Å². The van der Waals surface area contributed by atoms with E-state index in [9.17, 15) is 5.11 Å². The molecule has 0 saturated heterocycles. The van der Waals surface area contributed by atoms with E-state index in [1.807, 2.05) is 61.5 Å². The topological polar surface area (TPSA) is 36.6 Å². The van der Waals surface area contributed by atoms with E-state index < -0.39 is 6.10 Å². The zero-order chi connectivity index (χ0) is 13.4. The second-order valence-electron chi connectivity index (χ2n) is 5.13. The quantitative estimate of drug-likeness (QED) is 0.781. The van der Waals surface area contributed by atoms with Gasteiger partial charge in [-0.05, 0) is 37.9 Å². The lowest BCUT2D eigenvalue weighted by Crippen LogP contribution is -2.19. The summed E-state index contributed by atoms with van der Waals surface area (Å²) in [5, 5.41) is 12.3. The lowest BCUT2D eigenvalue weighted by molar-refractivity contribution is 0.138. The fourth-order valence-electron chi connectivity index (χ4n) is 2.40. The van der Waals surface area contributed by atoms with Crippen LogP contribution in [0, 0.1) is 0 Å². The maximum Gasteiger partial charge on any atom is 0.135 e. The predicted octanol–water partition coefficient (Wildman–Crippen LogP) is 3.18. The number of aliphatic hydroxyl groups is 1. The first kappa shape index (κ1) is 12.2. The maximum atomic E-state index is 10.2. The van der Waals surface area contributed by atoms with E-state index in [1.54, 1.807) is 0 Å². The summed E-state index contributed by atoms with van der Waals surface area (Å²) < 4.78 is 5.78. The smallest absolute Gasteiger partial charge is 0.135 e. The summed E-state index contributed by atoms with van der Waals surface area (Å²) in [4.78, 5) is 1.97. The number of fused-ring (bicyclic) bond motifs is 3. The van der Waals surface area contributed by atoms with Crippen molar-refractivity contribution in [2.75, 3.05) is 20.6 Å². The summed E-state index contributed by atoms with van der Waals surface area (Å²) in [7, 11) is 3.91. The fraction of sp³-hybridized carbons (Fsp3) is 0.250. The standard InChI is InChI=1S/C16H17NO2/c1-17(2)10-14(18)11-7-8-16-13(9-11)12-5-3-4-6-15(12)19-16/h3-9,14,18H,10H2,1-2H3/t14-/m0/s1. The van der Waals surface area contributed by atoms with E-state index in [-0.39, 0.29) is 0 Å². The van der Waals surface area contributed by atoms with Crippen molar-refractivity contribution in [1.82, 2.24) is 4.90 Å². The van der Waals surface area contributed by atoms with Crippen LogP contribution in [0.3, 0.4) is 0 Å². The van der Waals surface area contributed by atoms with Crippen molar-refractivity contribution in [2.45, 2.75) is 6.10 Å². The minimum atomic E-state index is -0.479. The molecule has 0 saturated carbocycles. The lowest BCUT2D eigenvalue weighted by Gasteiger charge is -2.16. The molecular formula is C16H17NO2. The van der Waals surface area contributed by atoms with Crippen LogP contribution in [0.25, 0.3) is 21.9 Å². The lowest BCUT2D eigenvalue weighted by atomic mass is 10.1. The Morgan fingerprint density at radius 3 is 2.58 bits per heavy atom. The third kappa shape index (κ3) is 2.23. The largest absolute Gasteiger partial charge is 0.456 e. The van der Waals surface area contributed by atoms with Crippen LogP contribution in [0.1, 0.15) is 11.7 Å². The molecule has 0 fully saturated rings. The van der Waals surface area contributed by atoms with Crippen LogP contribution in [-0.4, -0.2) is 30.6 Å². The third-order valence-electron chi connectivity index (χ3n) is 3.32. The van der Waals surface area contributed by atoms with Crippen molar-refractivity contribution < 1.29 is 9.52 Å². The zero-order valence-electron chi connectivity index (χ0n) is 11.1. The van der Waals surface area contributed by atoms with Crippen molar-refractivity contribution in [3.05, 3.63) is 48.0 Å². The molecule has 0 unspecified atom stereocenters. The van der Waals surface area contributed by atoms with Gasteiger partial charge in [-0.1, -0.05) is 24.3 Å². The molecule has 1 heterocycles. The molecule has 3 heteroatoms. The van der Waals surface area contributed by atoms with Crippen molar-refractivity contribution in [1.29, 1.82) is 0 Å². The highest BCUT2D eigenvalue weighted by Gasteiger charge is 2.12. The Bertz CT molecular complexity index is 715. The second-order valence-corrected chi connectivity index (χ2v) is 5.13. The first-order chi connectivity index (χ1) is 9.15. The molecule has 0 aliphatic rings. The first-order valence-corrected chi connectivity index (χ1v) is 6.39. The predicted molar refractivity (Wildman–Crippen MR) is 77.2 cm³/mol. The van der Waals surface area contributed by atoms with Gasteiger partial charge in [0.2, 0.25) is 0 Å². The van der Waals surface area contributed by atoms with Gasteiger partial charge in [-0.15, -0.1) is 0 Å². The molecule has 1 N–H and O–H groups in total. The Labute approximate surface area is 112 Å². The number of aliphatic hydroxyl groups excluding tert-OH is 1. The van der Waals surface area contributed by atoms with Crippen molar-refractivity contribution >= 4 is 21.9 Å². The van der Waals surface area contributed by atoms with Crippen LogP contribution in [0.15, 0.2) is 46.9 Å². The molecule has 19 heavy (non-hydrogen) atoms. The molecule has 0 amide bonds. The number of rotatable bonds is 3. The summed E-state index contributed by atoms with van der Waals surface area (Å²) in [6.45, 7) is 0.612. The van der Waals surface area contributed by atoms with Gasteiger partial charge in [0.1, 0.15) is 11.2 Å². The Balaban J connectivity index is 2.11. The van der Waals surface area contributed by atoms with E-state index in [0.29, 0.717) is 6.54 Å². The molecule has 0 radical (unpaired) electrons. The molecule has 0 aliphatic carbocycles. The van der Waals surface area contributed by atoms with Crippen LogP contribution in [0.4, 0.5) is 0 Å². The van der Waals surface area contributed by atoms with Crippen molar-refractivity contribution in [2.24, 2.45) is 0 Å². The van der Waals surface area contributed by atoms with Gasteiger partial charge < -0.3 is 14.4 Å². The minimum Gasteiger partial charge on any atom is -0.456 e. The molecule has 1 aromatic heterocycles. The zero-order valence-corrected chi connectivity index (χ0v) is 11.1. The Morgan fingerprint density at radius 1 is 1.05 bits per heavy atom. The van der Waals surface area contributed by atoms with Gasteiger partial charge in [-0.3, -0.25) is 0 Å². The van der Waals surface area contributed by atoms with Gasteiger partial charge in [0.25, 0.3) is 0 Å². The number of furan rings is 1. The number of benzene rings is 2. The second kappa shape index (κ2) is 4.68. The molecule has 98 valence electrons. The molecular weight excluding hydrogens is 238 g/mol. The number of nitrogens with zero attached hydrogens (tertiary/aromatic N) is 1. The highest BCUT2D eigenvalue weighted by atomic mass is 16.3. The van der Waals surface area contributed by atoms with Crippen LogP contribution >= 0.6 is 0 Å². The summed E-state index contributed by atoms with van der Waals surface area (Å²) >= 11 is 0. The normalized spacial score (nSPS) is 13.5. The van der Waals surface area contributed by atoms with Gasteiger partial charge in [0.05, 0.1) is 6.10 Å². The van der Waals surface area contributed by atoms with E-state index in [4.69, 9.17) is 4.42 Å². The third-order valence-corrected chi connectivity index (χ3v) is 3.32. The van der Waals surface area contributed by atoms with E-state index >= 15 is 0 Å². The molecule has 0 aliphatic heterocycles. The minimum absolute atomic E-state index is 0.479. The molecule has 3 rings (SSSR count). The fourth-order valence-corrected chi connectivity index (χ4v) is 2.40. The summed E-state index contributed by atoms with van der Waals surface area (Å²) in [6, 6.07) is 13.9. The highest BCUT2D eigenvalue weighted by molar-refractivity contribution is 6.04. The van der Waals surface area contributed by atoms with Gasteiger partial charge in [0.15, 0.2) is 0 Å². The SMILES string of the molecule is CN(C)C[C@H](O)c1ccc2oc3ccccc3c2c1. The van der Waals surface area contributed by atoms with Gasteiger partial charge in [-0.2, -0.15) is 0 Å². The Kier molecular flexibility index (Phi) is 3.01. The molecule has 0 spiro atoms. The van der Waals surface area contributed by atoms with E-state index in [2.05, 4.69) is 0 Å². The van der Waals surface area contributed by atoms with Crippen LogP contribution in [-0.2, 0) is 0 Å². The van der Waals surface area contributed by atoms with Crippen LogP contribution in [0.2, 0.25) is 0 Å². The Hall–Kier alpha value is -1.84. The monoisotopic (exact) mass is 255 g/mol. The van der Waals surface area contributed by atoms with Gasteiger partial charge >= 0.3 is 0 Å². The molecule has 3 nitrogen and oxygen atoms in total. The summed E-state index contributed by atoms with van der Waals surface area (Å²) in [5.74, 6) is 0. The average Bonchev–Trinajstić information content (AvgIpc) is 2.75. The van der Waals surface area contributed by atoms with Crippen LogP contribution in [0.5, 0.6) is 0 Å². The van der Waals surface area contributed by atoms with Crippen molar-refractivity contribution in [3.63, 3.8) is 0 Å². The average molecular weight is 255 g/mol. The molecule has 0 bridgehead atoms. The number of para-hydroxylation sites is 1. The number of hydrogen-bond acceptors (Lipinski definition) is 3. The van der Waals surface area contributed by atoms with E-state index in [0.717, 1.165) is 27.5 Å². The number of hydrogen-bond donors (Lipinski definition) is 1. The van der Waals surface area contributed by atoms with Crippen molar-refractivity contribution in [3.8, 4) is 0 Å². The highest BCUT2D eigenvalue weighted by Crippen LogP contribution is 2.30. The first-order valence-electron chi connectivity index (χ1n) is 6.39. The Morgan fingerprint density at radius 2 is 1.79 bits per heavy atom. The number of likely N-dealkylation sites (N-methyl/N-ethyl adjacent to an activating group) is 1. The van der Waals surface area contributed by atoms with Crippen LogP contribution < -0.4 is 0 Å². The maximum absolute atomic E-state index is 10.2. The molecule has 2 aromatic carbocycles. The molecule has 1 atom stereocenters. The summed E-state index contributed by atoms with van der Waals surface area (Å²) in [5.41, 5.74) is 2.67. The van der Waals surface area contributed by atoms with E-state index in [1.165, 1.54) is 0 Å². The summed E-state index contributed by atoms with van der Waals surface area (Å²) in [6.07, 6.45) is -0.479. The van der Waals surface area contributed by atoms with Gasteiger partial charge in [-0.25, -0.2) is 0 Å².